The van der Waals surface area contributed by atoms with Crippen LogP contribution in [0.3, 0.4) is 0 Å². The van der Waals surface area contributed by atoms with Crippen LogP contribution in [-0.4, -0.2) is 8.07 Å². The summed E-state index contributed by atoms with van der Waals surface area (Å²) >= 11 is 8.81. The molecule has 0 aliphatic carbocycles. The monoisotopic (exact) mass is 214 g/mol. The van der Waals surface area contributed by atoms with Crippen molar-refractivity contribution in [3.05, 3.63) is 18.2 Å². The van der Waals surface area contributed by atoms with Crippen LogP contribution in [-0.2, 0) is 0 Å². The lowest BCUT2D eigenvalue weighted by Gasteiger charge is -2.19. The van der Waals surface area contributed by atoms with Gasteiger partial charge in [-0.2, -0.15) is 0 Å². The average Bonchev–Trinajstić information content (AvgIpc) is 1.92. The van der Waals surface area contributed by atoms with E-state index >= 15 is 0 Å². The first-order valence-corrected chi connectivity index (χ1v) is 8.34. The number of benzene rings is 1. The lowest BCUT2D eigenvalue weighted by atomic mass is 10.4. The van der Waals surface area contributed by atoms with E-state index in [1.165, 1.54) is 5.19 Å². The zero-order valence-electron chi connectivity index (χ0n) is 7.63. The molecular weight excluding hydrogens is 200 g/mol. The summed E-state index contributed by atoms with van der Waals surface area (Å²) in [5.41, 5.74) is 0. The van der Waals surface area contributed by atoms with E-state index in [1.54, 1.807) is 0 Å². The molecule has 0 fully saturated rings. The molecule has 0 aliphatic rings. The topological polar surface area (TPSA) is 0 Å². The molecule has 0 spiro atoms. The molecule has 0 radical (unpaired) electrons. The van der Waals surface area contributed by atoms with Crippen molar-refractivity contribution in [2.45, 2.75) is 29.4 Å². The highest BCUT2D eigenvalue weighted by Gasteiger charge is 2.19. The van der Waals surface area contributed by atoms with Crippen molar-refractivity contribution in [2.75, 3.05) is 0 Å². The Morgan fingerprint density at radius 1 is 1.08 bits per heavy atom. The summed E-state index contributed by atoms with van der Waals surface area (Å²) in [5, 5.41) is 1.39. The third kappa shape index (κ3) is 2.09. The van der Waals surface area contributed by atoms with Gasteiger partial charge in [0.2, 0.25) is 0 Å². The fourth-order valence-electron chi connectivity index (χ4n) is 1.14. The largest absolute Gasteiger partial charge is 0.142 e. The lowest BCUT2D eigenvalue weighted by molar-refractivity contribution is 1.29. The molecule has 1 aromatic carbocycles. The molecule has 0 aromatic heterocycles. The maximum Gasteiger partial charge on any atom is 0.0791 e. The fourth-order valence-corrected chi connectivity index (χ4v) is 4.04. The van der Waals surface area contributed by atoms with Gasteiger partial charge in [-0.3, -0.25) is 0 Å². The molecule has 0 N–H and O–H groups in total. The molecule has 66 valence electrons. The zero-order valence-corrected chi connectivity index (χ0v) is 10.4. The average molecular weight is 214 g/mol. The molecule has 0 aliphatic heterocycles. The first kappa shape index (κ1) is 10.2. The van der Waals surface area contributed by atoms with Crippen LogP contribution in [0.2, 0.25) is 19.6 Å². The van der Waals surface area contributed by atoms with Gasteiger partial charge in [0.25, 0.3) is 0 Å². The predicted octanol–water partition coefficient (Wildman–Crippen LogP) is 2.81. The van der Waals surface area contributed by atoms with Crippen molar-refractivity contribution in [1.82, 2.24) is 0 Å². The normalized spacial score (nSPS) is 11.8. The lowest BCUT2D eigenvalue weighted by Crippen LogP contribution is -2.38. The minimum absolute atomic E-state index is 0.984. The van der Waals surface area contributed by atoms with E-state index in [1.807, 2.05) is 6.07 Å². The van der Waals surface area contributed by atoms with Crippen LogP contribution in [0.4, 0.5) is 0 Å². The van der Waals surface area contributed by atoms with Crippen molar-refractivity contribution < 1.29 is 0 Å². The van der Waals surface area contributed by atoms with E-state index in [-0.39, 0.29) is 0 Å². The van der Waals surface area contributed by atoms with Gasteiger partial charge in [0.05, 0.1) is 8.07 Å². The molecule has 0 nitrogen and oxygen atoms in total. The van der Waals surface area contributed by atoms with E-state index in [0.717, 1.165) is 9.79 Å². The summed E-state index contributed by atoms with van der Waals surface area (Å²) in [6.45, 7) is 6.94. The number of rotatable bonds is 1. The predicted molar refractivity (Wildman–Crippen MR) is 63.9 cm³/mol. The second-order valence-electron chi connectivity index (χ2n) is 3.92. The Labute approximate surface area is 86.2 Å². The number of thiol groups is 2. The van der Waals surface area contributed by atoms with E-state index in [9.17, 15) is 0 Å². The van der Waals surface area contributed by atoms with Crippen molar-refractivity contribution in [1.29, 1.82) is 0 Å². The molecule has 1 rings (SSSR count). The maximum atomic E-state index is 4.46. The molecule has 1 aromatic rings. The second kappa shape index (κ2) is 3.48. The van der Waals surface area contributed by atoms with Crippen LogP contribution in [0, 0.1) is 0 Å². The van der Waals surface area contributed by atoms with E-state index < -0.39 is 8.07 Å². The Balaban J connectivity index is 3.26. The highest BCUT2D eigenvalue weighted by atomic mass is 32.1. The van der Waals surface area contributed by atoms with Gasteiger partial charge in [0.1, 0.15) is 0 Å². The van der Waals surface area contributed by atoms with Crippen molar-refractivity contribution in [3.8, 4) is 0 Å². The van der Waals surface area contributed by atoms with Crippen LogP contribution >= 0.6 is 25.3 Å². The molecule has 3 heteroatoms. The Bertz CT molecular complexity index is 289. The van der Waals surface area contributed by atoms with Crippen LogP contribution in [0.1, 0.15) is 0 Å². The van der Waals surface area contributed by atoms with Crippen LogP contribution in [0.15, 0.2) is 28.0 Å². The van der Waals surface area contributed by atoms with Crippen LogP contribution < -0.4 is 5.19 Å². The Hall–Kier alpha value is 0.137. The van der Waals surface area contributed by atoms with Gasteiger partial charge in [-0.1, -0.05) is 31.8 Å². The molecule has 0 amide bonds. The molecule has 0 saturated carbocycles. The van der Waals surface area contributed by atoms with Gasteiger partial charge >= 0.3 is 0 Å². The molecule has 0 bridgehead atoms. The number of hydrogen-bond donors (Lipinski definition) is 2. The first-order chi connectivity index (χ1) is 5.43. The molecule has 0 heterocycles. The summed E-state index contributed by atoms with van der Waals surface area (Å²) in [5.74, 6) is 0. The van der Waals surface area contributed by atoms with E-state index in [0.29, 0.717) is 0 Å². The molecular formula is C9H14S2Si. The van der Waals surface area contributed by atoms with Gasteiger partial charge in [-0.25, -0.2) is 0 Å². The SMILES string of the molecule is C[Si](C)(C)c1cccc(S)c1S. The fraction of sp³-hybridized carbons (Fsp3) is 0.333. The molecule has 12 heavy (non-hydrogen) atoms. The first-order valence-electron chi connectivity index (χ1n) is 3.94. The Morgan fingerprint density at radius 2 is 1.67 bits per heavy atom. The zero-order chi connectivity index (χ0) is 9.35. The van der Waals surface area contributed by atoms with Gasteiger partial charge in [-0.15, -0.1) is 25.3 Å². The highest BCUT2D eigenvalue weighted by molar-refractivity contribution is 7.83. The minimum atomic E-state index is -1.23. The van der Waals surface area contributed by atoms with Crippen molar-refractivity contribution in [3.63, 3.8) is 0 Å². The summed E-state index contributed by atoms with van der Waals surface area (Å²) in [4.78, 5) is 2.04. The number of hydrogen-bond acceptors (Lipinski definition) is 2. The standard InChI is InChI=1S/C9H14S2Si/c1-12(2,3)8-6-4-5-7(10)9(8)11/h4-6,10-11H,1-3H3. The molecule has 0 unspecified atom stereocenters. The minimum Gasteiger partial charge on any atom is -0.142 e. The van der Waals surface area contributed by atoms with Crippen molar-refractivity contribution >= 4 is 38.5 Å². The molecule has 0 saturated heterocycles. The summed E-state index contributed by atoms with van der Waals surface area (Å²) in [6, 6.07) is 6.19. The second-order valence-corrected chi connectivity index (χ2v) is 9.89. The summed E-state index contributed by atoms with van der Waals surface area (Å²) in [7, 11) is -1.23. The van der Waals surface area contributed by atoms with Gasteiger partial charge in [0.15, 0.2) is 0 Å². The Morgan fingerprint density at radius 3 is 2.08 bits per heavy atom. The maximum absolute atomic E-state index is 4.46. The highest BCUT2D eigenvalue weighted by Crippen LogP contribution is 2.18. The molecule has 0 atom stereocenters. The summed E-state index contributed by atoms with van der Waals surface area (Å²) < 4.78 is 0. The quantitative estimate of drug-likeness (QED) is 0.521. The van der Waals surface area contributed by atoms with E-state index in [2.05, 4.69) is 57.0 Å². The summed E-state index contributed by atoms with van der Waals surface area (Å²) in [6.07, 6.45) is 0. The smallest absolute Gasteiger partial charge is 0.0791 e. The Kier molecular flexibility index (Phi) is 2.96. The van der Waals surface area contributed by atoms with E-state index in [4.69, 9.17) is 0 Å². The third-order valence-corrected chi connectivity index (χ3v) is 5.10. The van der Waals surface area contributed by atoms with Crippen molar-refractivity contribution in [2.24, 2.45) is 0 Å². The van der Waals surface area contributed by atoms with Gasteiger partial charge < -0.3 is 0 Å². The third-order valence-electron chi connectivity index (χ3n) is 1.82. The van der Waals surface area contributed by atoms with Crippen LogP contribution in [0.5, 0.6) is 0 Å². The van der Waals surface area contributed by atoms with Gasteiger partial charge in [-0.05, 0) is 11.3 Å². The van der Waals surface area contributed by atoms with Gasteiger partial charge in [0, 0.05) is 9.79 Å². The van der Waals surface area contributed by atoms with Crippen LogP contribution in [0.25, 0.3) is 0 Å².